The smallest absolute Gasteiger partial charge is 0.293 e. The fraction of sp³-hybridized carbons (Fsp3) is 0.115. The van der Waals surface area contributed by atoms with Gasteiger partial charge in [-0.1, -0.05) is 41.9 Å². The lowest BCUT2D eigenvalue weighted by molar-refractivity contribution is -0.123. The molecule has 1 aliphatic rings. The summed E-state index contributed by atoms with van der Waals surface area (Å²) in [6.45, 7) is -0.503. The second kappa shape index (κ2) is 11.3. The van der Waals surface area contributed by atoms with E-state index < -0.39 is 17.0 Å². The van der Waals surface area contributed by atoms with Crippen molar-refractivity contribution in [2.75, 3.05) is 19.0 Å². The molecule has 4 rings (SSSR count). The van der Waals surface area contributed by atoms with Gasteiger partial charge in [0, 0.05) is 16.3 Å². The molecule has 3 aromatic carbocycles. The van der Waals surface area contributed by atoms with Crippen LogP contribution in [0.25, 0.3) is 6.08 Å². The van der Waals surface area contributed by atoms with Crippen molar-refractivity contribution in [3.05, 3.63) is 93.6 Å². The summed E-state index contributed by atoms with van der Waals surface area (Å²) in [5.41, 5.74) is 1.30. The molecule has 0 aromatic heterocycles. The minimum atomic E-state index is -0.594. The molecule has 3 amide bonds. The second-order valence-electron chi connectivity index (χ2n) is 7.58. The number of carbonyl (C=O) groups is 3. The van der Waals surface area contributed by atoms with Gasteiger partial charge in [0.05, 0.1) is 18.6 Å². The van der Waals surface area contributed by atoms with Gasteiger partial charge < -0.3 is 14.8 Å². The first kappa shape index (κ1) is 25.3. The molecule has 0 atom stereocenters. The second-order valence-corrected chi connectivity index (χ2v) is 8.98. The average Bonchev–Trinajstić information content (AvgIpc) is 3.13. The third-order valence-electron chi connectivity index (χ3n) is 5.15. The largest absolute Gasteiger partial charge is 0.493 e. The van der Waals surface area contributed by atoms with Crippen LogP contribution >= 0.6 is 23.4 Å². The van der Waals surface area contributed by atoms with Crippen LogP contribution in [-0.4, -0.2) is 35.7 Å². The van der Waals surface area contributed by atoms with Crippen molar-refractivity contribution in [1.29, 1.82) is 0 Å². The number of methoxy groups -OCH3 is 1. The summed E-state index contributed by atoms with van der Waals surface area (Å²) in [7, 11) is 1.45. The number of carbonyl (C=O) groups excluding carboxylic acids is 3. The number of thioether (sulfide) groups is 1. The minimum Gasteiger partial charge on any atom is -0.493 e. The highest BCUT2D eigenvalue weighted by atomic mass is 35.5. The van der Waals surface area contributed by atoms with Crippen LogP contribution in [0, 0.1) is 5.82 Å². The molecule has 36 heavy (non-hydrogen) atoms. The highest BCUT2D eigenvalue weighted by Gasteiger charge is 2.36. The summed E-state index contributed by atoms with van der Waals surface area (Å²) in [6, 6.07) is 18.0. The molecule has 1 saturated heterocycles. The van der Waals surface area contributed by atoms with Gasteiger partial charge in [-0.15, -0.1) is 0 Å². The van der Waals surface area contributed by atoms with Crippen LogP contribution in [-0.2, 0) is 16.1 Å². The average molecular weight is 527 g/mol. The van der Waals surface area contributed by atoms with Crippen LogP contribution in [0.1, 0.15) is 11.1 Å². The standard InChI is InChI=1S/C26H20ClFN2O5S/c1-34-22-12-16(10-11-21(22)35-15-24(31)29-17-6-3-2-4-7-17)13-23-25(32)30(26(33)36-23)14-18-19(27)8-5-9-20(18)28/h2-13H,14-15H2,1H3,(H,29,31)/b23-13-. The number of rotatable bonds is 8. The number of amides is 3. The fourth-order valence-corrected chi connectivity index (χ4v) is 4.45. The molecule has 7 nitrogen and oxygen atoms in total. The quantitative estimate of drug-likeness (QED) is 0.377. The molecule has 0 spiro atoms. The number of benzene rings is 3. The normalized spacial score (nSPS) is 14.3. The van der Waals surface area contributed by atoms with Crippen molar-refractivity contribution >= 4 is 52.2 Å². The molecule has 3 aromatic rings. The zero-order chi connectivity index (χ0) is 25.7. The molecular weight excluding hydrogens is 507 g/mol. The van der Waals surface area contributed by atoms with Crippen molar-refractivity contribution in [3.8, 4) is 11.5 Å². The van der Waals surface area contributed by atoms with E-state index in [1.54, 1.807) is 30.3 Å². The van der Waals surface area contributed by atoms with Gasteiger partial charge in [-0.3, -0.25) is 19.3 Å². The number of nitrogens with one attached hydrogen (secondary N) is 1. The molecule has 0 aliphatic carbocycles. The molecule has 10 heteroatoms. The molecule has 1 fully saturated rings. The lowest BCUT2D eigenvalue weighted by Crippen LogP contribution is -2.28. The Morgan fingerprint density at radius 2 is 1.86 bits per heavy atom. The van der Waals surface area contributed by atoms with Crippen molar-refractivity contribution < 1.29 is 28.2 Å². The van der Waals surface area contributed by atoms with E-state index in [0.717, 1.165) is 16.7 Å². The summed E-state index contributed by atoms with van der Waals surface area (Å²) >= 11 is 6.79. The maximum atomic E-state index is 14.1. The van der Waals surface area contributed by atoms with Gasteiger partial charge in [0.25, 0.3) is 17.1 Å². The van der Waals surface area contributed by atoms with E-state index in [2.05, 4.69) is 5.32 Å². The Hall–Kier alpha value is -3.82. The Kier molecular flexibility index (Phi) is 7.92. The van der Waals surface area contributed by atoms with Crippen LogP contribution < -0.4 is 14.8 Å². The van der Waals surface area contributed by atoms with Gasteiger partial charge >= 0.3 is 0 Å². The zero-order valence-electron chi connectivity index (χ0n) is 19.0. The number of imide groups is 1. The number of halogens is 2. The van der Waals surface area contributed by atoms with Crippen molar-refractivity contribution in [2.24, 2.45) is 0 Å². The maximum absolute atomic E-state index is 14.1. The Bertz CT molecular complexity index is 1330. The molecule has 1 N–H and O–H groups in total. The third kappa shape index (κ3) is 5.87. The first-order valence-electron chi connectivity index (χ1n) is 10.7. The fourth-order valence-electron chi connectivity index (χ4n) is 3.38. The monoisotopic (exact) mass is 526 g/mol. The molecule has 0 unspecified atom stereocenters. The predicted octanol–water partition coefficient (Wildman–Crippen LogP) is 5.74. The summed E-state index contributed by atoms with van der Waals surface area (Å²) in [4.78, 5) is 38.6. The number of anilines is 1. The Balaban J connectivity index is 1.44. The number of nitrogens with zero attached hydrogens (tertiary/aromatic N) is 1. The Labute approximate surface area is 215 Å². The molecule has 1 heterocycles. The minimum absolute atomic E-state index is 0.0715. The van der Waals surface area contributed by atoms with Crippen molar-refractivity contribution in [1.82, 2.24) is 4.90 Å². The van der Waals surface area contributed by atoms with Gasteiger partial charge in [-0.2, -0.15) is 0 Å². The van der Waals surface area contributed by atoms with Gasteiger partial charge in [0.1, 0.15) is 5.82 Å². The van der Waals surface area contributed by atoms with E-state index in [1.807, 2.05) is 18.2 Å². The van der Waals surface area contributed by atoms with Gasteiger partial charge in [0.2, 0.25) is 0 Å². The van der Waals surface area contributed by atoms with E-state index in [-0.39, 0.29) is 34.6 Å². The van der Waals surface area contributed by atoms with Crippen LogP contribution in [0.5, 0.6) is 11.5 Å². The Morgan fingerprint density at radius 3 is 2.58 bits per heavy atom. The highest BCUT2D eigenvalue weighted by molar-refractivity contribution is 8.18. The summed E-state index contributed by atoms with van der Waals surface area (Å²) in [5, 5.41) is 2.33. The van der Waals surface area contributed by atoms with Gasteiger partial charge in [-0.25, -0.2) is 4.39 Å². The molecule has 0 radical (unpaired) electrons. The number of hydrogen-bond acceptors (Lipinski definition) is 6. The molecule has 0 saturated carbocycles. The summed E-state index contributed by atoms with van der Waals surface area (Å²) in [6.07, 6.45) is 1.53. The number of hydrogen-bond donors (Lipinski definition) is 1. The SMILES string of the molecule is COc1cc(/C=C2\SC(=O)N(Cc3c(F)cccc3Cl)C2=O)ccc1OCC(=O)Nc1ccccc1. The van der Waals surface area contributed by atoms with E-state index >= 15 is 0 Å². The highest BCUT2D eigenvalue weighted by Crippen LogP contribution is 2.36. The van der Waals surface area contributed by atoms with Crippen LogP contribution in [0.15, 0.2) is 71.6 Å². The molecule has 184 valence electrons. The topological polar surface area (TPSA) is 84.9 Å². The van der Waals surface area contributed by atoms with Crippen LogP contribution in [0.4, 0.5) is 14.9 Å². The van der Waals surface area contributed by atoms with Crippen molar-refractivity contribution in [2.45, 2.75) is 6.54 Å². The predicted molar refractivity (Wildman–Crippen MR) is 136 cm³/mol. The lowest BCUT2D eigenvalue weighted by Gasteiger charge is -2.14. The number of para-hydroxylation sites is 1. The molecule has 1 aliphatic heterocycles. The van der Waals surface area contributed by atoms with Gasteiger partial charge in [0.15, 0.2) is 18.1 Å². The molecule has 0 bridgehead atoms. The van der Waals surface area contributed by atoms with Gasteiger partial charge in [-0.05, 0) is 59.8 Å². The first-order chi connectivity index (χ1) is 17.4. The zero-order valence-corrected chi connectivity index (χ0v) is 20.6. The first-order valence-corrected chi connectivity index (χ1v) is 11.9. The lowest BCUT2D eigenvalue weighted by atomic mass is 10.1. The number of ether oxygens (including phenoxy) is 2. The van der Waals surface area contributed by atoms with Crippen molar-refractivity contribution in [3.63, 3.8) is 0 Å². The van der Waals surface area contributed by atoms with E-state index in [0.29, 0.717) is 22.7 Å². The van der Waals surface area contributed by atoms with E-state index in [4.69, 9.17) is 21.1 Å². The molecular formula is C26H20ClFN2O5S. The Morgan fingerprint density at radius 1 is 1.08 bits per heavy atom. The summed E-state index contributed by atoms with van der Waals surface area (Å²) < 4.78 is 25.1. The van der Waals surface area contributed by atoms with E-state index in [1.165, 1.54) is 31.4 Å². The maximum Gasteiger partial charge on any atom is 0.293 e. The van der Waals surface area contributed by atoms with Crippen LogP contribution in [0.2, 0.25) is 5.02 Å². The summed E-state index contributed by atoms with van der Waals surface area (Å²) in [5.74, 6) is -0.811. The van der Waals surface area contributed by atoms with E-state index in [9.17, 15) is 18.8 Å². The third-order valence-corrected chi connectivity index (χ3v) is 6.41. The van der Waals surface area contributed by atoms with Crippen LogP contribution in [0.3, 0.4) is 0 Å².